The van der Waals surface area contributed by atoms with Crippen LogP contribution >= 0.6 is 0 Å². The maximum atomic E-state index is 12.3. The average molecular weight is 350 g/mol. The van der Waals surface area contributed by atoms with E-state index in [2.05, 4.69) is 35.6 Å². The quantitative estimate of drug-likeness (QED) is 0.872. The van der Waals surface area contributed by atoms with E-state index in [0.29, 0.717) is 5.92 Å². The number of hydrogen-bond donors (Lipinski definition) is 1. The zero-order chi connectivity index (χ0) is 18.2. The van der Waals surface area contributed by atoms with Gasteiger partial charge in [-0.05, 0) is 54.5 Å². The van der Waals surface area contributed by atoms with E-state index in [0.717, 1.165) is 43.7 Å². The standard InChI is InChI=1S/C22H26N2O2/c1-26-21-9-7-18(8-10-21)11-14-23-22(25)24-15-12-20(13-16-24)17-19-5-3-2-4-6-19/h2-11,14,20H,12-13,15-17H2,1H3,(H,23,25)/b14-11+. The van der Waals surface area contributed by atoms with Crippen LogP contribution in [0.4, 0.5) is 4.79 Å². The van der Waals surface area contributed by atoms with Crippen molar-refractivity contribution in [1.82, 2.24) is 10.2 Å². The fourth-order valence-electron chi connectivity index (χ4n) is 3.30. The third-order valence-electron chi connectivity index (χ3n) is 4.87. The highest BCUT2D eigenvalue weighted by Crippen LogP contribution is 2.21. The van der Waals surface area contributed by atoms with Gasteiger partial charge in [-0.2, -0.15) is 0 Å². The Kier molecular flexibility index (Phi) is 6.31. The number of urea groups is 1. The fraction of sp³-hybridized carbons (Fsp3) is 0.318. The molecule has 0 bridgehead atoms. The van der Waals surface area contributed by atoms with Gasteiger partial charge in [0.1, 0.15) is 5.75 Å². The van der Waals surface area contributed by atoms with E-state index in [9.17, 15) is 4.79 Å². The second-order valence-corrected chi connectivity index (χ2v) is 6.68. The van der Waals surface area contributed by atoms with Crippen molar-refractivity contribution in [3.63, 3.8) is 0 Å². The maximum absolute atomic E-state index is 12.3. The van der Waals surface area contributed by atoms with Gasteiger partial charge < -0.3 is 15.0 Å². The smallest absolute Gasteiger partial charge is 0.321 e. The molecule has 2 aromatic carbocycles. The molecule has 0 aliphatic carbocycles. The first-order valence-corrected chi connectivity index (χ1v) is 9.14. The molecule has 0 saturated carbocycles. The molecule has 26 heavy (non-hydrogen) atoms. The molecular weight excluding hydrogens is 324 g/mol. The molecule has 4 heteroatoms. The lowest BCUT2D eigenvalue weighted by Gasteiger charge is -2.31. The molecule has 136 valence electrons. The summed E-state index contributed by atoms with van der Waals surface area (Å²) < 4.78 is 5.14. The number of carbonyl (C=O) groups excluding carboxylic acids is 1. The third kappa shape index (κ3) is 5.12. The van der Waals surface area contributed by atoms with Crippen molar-refractivity contribution in [3.05, 3.63) is 71.9 Å². The van der Waals surface area contributed by atoms with Crippen molar-refractivity contribution in [1.29, 1.82) is 0 Å². The van der Waals surface area contributed by atoms with Gasteiger partial charge in [0.2, 0.25) is 0 Å². The van der Waals surface area contributed by atoms with E-state index in [4.69, 9.17) is 4.74 Å². The Balaban J connectivity index is 1.42. The van der Waals surface area contributed by atoms with Crippen molar-refractivity contribution in [2.24, 2.45) is 5.92 Å². The fourth-order valence-corrected chi connectivity index (χ4v) is 3.30. The molecule has 2 amide bonds. The number of piperidine rings is 1. The maximum Gasteiger partial charge on any atom is 0.321 e. The van der Waals surface area contributed by atoms with Crippen LogP contribution in [0.25, 0.3) is 6.08 Å². The van der Waals surface area contributed by atoms with Crippen LogP contribution in [0.15, 0.2) is 60.8 Å². The third-order valence-corrected chi connectivity index (χ3v) is 4.87. The van der Waals surface area contributed by atoms with E-state index in [1.807, 2.05) is 35.2 Å². The highest BCUT2D eigenvalue weighted by molar-refractivity contribution is 5.76. The van der Waals surface area contributed by atoms with Crippen molar-refractivity contribution >= 4 is 12.1 Å². The van der Waals surface area contributed by atoms with Gasteiger partial charge in [-0.3, -0.25) is 0 Å². The molecule has 1 aliphatic heterocycles. The van der Waals surface area contributed by atoms with Crippen molar-refractivity contribution < 1.29 is 9.53 Å². The summed E-state index contributed by atoms with van der Waals surface area (Å²) in [5.41, 5.74) is 2.41. The largest absolute Gasteiger partial charge is 0.497 e. The molecule has 4 nitrogen and oxygen atoms in total. The molecule has 0 radical (unpaired) electrons. The second-order valence-electron chi connectivity index (χ2n) is 6.68. The predicted molar refractivity (Wildman–Crippen MR) is 105 cm³/mol. The van der Waals surface area contributed by atoms with Crippen LogP contribution in [0.3, 0.4) is 0 Å². The topological polar surface area (TPSA) is 41.6 Å². The number of rotatable bonds is 5. The lowest BCUT2D eigenvalue weighted by Crippen LogP contribution is -2.43. The molecule has 1 heterocycles. The zero-order valence-electron chi connectivity index (χ0n) is 15.2. The summed E-state index contributed by atoms with van der Waals surface area (Å²) in [4.78, 5) is 14.2. The number of likely N-dealkylation sites (tertiary alicyclic amines) is 1. The highest BCUT2D eigenvalue weighted by atomic mass is 16.5. The van der Waals surface area contributed by atoms with E-state index in [1.54, 1.807) is 13.3 Å². The zero-order valence-corrected chi connectivity index (χ0v) is 15.2. The van der Waals surface area contributed by atoms with Crippen LogP contribution < -0.4 is 10.1 Å². The van der Waals surface area contributed by atoms with E-state index < -0.39 is 0 Å². The first-order chi connectivity index (χ1) is 12.7. The van der Waals surface area contributed by atoms with Crippen LogP contribution in [0.5, 0.6) is 5.75 Å². The Morgan fingerprint density at radius 2 is 1.81 bits per heavy atom. The van der Waals surface area contributed by atoms with Crippen molar-refractivity contribution in [3.8, 4) is 5.75 Å². The average Bonchev–Trinajstić information content (AvgIpc) is 2.70. The number of nitrogens with zero attached hydrogens (tertiary/aromatic N) is 1. The monoisotopic (exact) mass is 350 g/mol. The second kappa shape index (κ2) is 9.09. The first-order valence-electron chi connectivity index (χ1n) is 9.14. The molecule has 1 N–H and O–H groups in total. The number of hydrogen-bond acceptors (Lipinski definition) is 2. The van der Waals surface area contributed by atoms with Gasteiger partial charge in [0.25, 0.3) is 0 Å². The molecule has 0 unspecified atom stereocenters. The van der Waals surface area contributed by atoms with Crippen LogP contribution in [0.1, 0.15) is 24.0 Å². The summed E-state index contributed by atoms with van der Waals surface area (Å²) in [6, 6.07) is 18.3. The lowest BCUT2D eigenvalue weighted by molar-refractivity contribution is 0.173. The van der Waals surface area contributed by atoms with Crippen LogP contribution in [-0.4, -0.2) is 31.1 Å². The molecule has 1 aliphatic rings. The molecule has 0 spiro atoms. The Labute approximate surface area is 155 Å². The summed E-state index contributed by atoms with van der Waals surface area (Å²) in [5.74, 6) is 1.49. The van der Waals surface area contributed by atoms with Crippen LogP contribution in [-0.2, 0) is 6.42 Å². The molecule has 2 aromatic rings. The highest BCUT2D eigenvalue weighted by Gasteiger charge is 2.22. The minimum atomic E-state index is -0.0204. The first kappa shape index (κ1) is 18.1. The van der Waals surface area contributed by atoms with Gasteiger partial charge in [-0.15, -0.1) is 0 Å². The molecule has 1 fully saturated rings. The molecular formula is C22H26N2O2. The van der Waals surface area contributed by atoms with E-state index in [-0.39, 0.29) is 6.03 Å². The minimum absolute atomic E-state index is 0.0204. The minimum Gasteiger partial charge on any atom is -0.497 e. The summed E-state index contributed by atoms with van der Waals surface area (Å²) in [6.45, 7) is 1.64. The summed E-state index contributed by atoms with van der Waals surface area (Å²) in [7, 11) is 1.65. The van der Waals surface area contributed by atoms with Crippen LogP contribution in [0, 0.1) is 5.92 Å². The van der Waals surface area contributed by atoms with Gasteiger partial charge in [-0.25, -0.2) is 4.79 Å². The number of methoxy groups -OCH3 is 1. The molecule has 1 saturated heterocycles. The number of ether oxygens (including phenoxy) is 1. The Morgan fingerprint density at radius 1 is 1.12 bits per heavy atom. The van der Waals surface area contributed by atoms with Gasteiger partial charge in [0.05, 0.1) is 7.11 Å². The number of amides is 2. The van der Waals surface area contributed by atoms with Gasteiger partial charge >= 0.3 is 6.03 Å². The predicted octanol–water partition coefficient (Wildman–Crippen LogP) is 4.33. The van der Waals surface area contributed by atoms with E-state index >= 15 is 0 Å². The number of benzene rings is 2. The van der Waals surface area contributed by atoms with Crippen LogP contribution in [0.2, 0.25) is 0 Å². The summed E-state index contributed by atoms with van der Waals surface area (Å²) in [5, 5.41) is 2.87. The summed E-state index contributed by atoms with van der Waals surface area (Å²) >= 11 is 0. The van der Waals surface area contributed by atoms with Crippen molar-refractivity contribution in [2.75, 3.05) is 20.2 Å². The van der Waals surface area contributed by atoms with Gasteiger partial charge in [-0.1, -0.05) is 42.5 Å². The SMILES string of the molecule is COc1ccc(/C=C/NC(=O)N2CCC(Cc3ccccc3)CC2)cc1. The Morgan fingerprint density at radius 3 is 2.46 bits per heavy atom. The molecule has 0 aromatic heterocycles. The van der Waals surface area contributed by atoms with Crippen molar-refractivity contribution in [2.45, 2.75) is 19.3 Å². The molecule has 3 rings (SSSR count). The number of carbonyl (C=O) groups is 1. The molecule has 0 atom stereocenters. The lowest BCUT2D eigenvalue weighted by atomic mass is 9.90. The van der Waals surface area contributed by atoms with Gasteiger partial charge in [0.15, 0.2) is 0 Å². The summed E-state index contributed by atoms with van der Waals surface area (Å²) in [6.07, 6.45) is 6.82. The number of nitrogens with one attached hydrogen (secondary N) is 1. The van der Waals surface area contributed by atoms with Gasteiger partial charge in [0, 0.05) is 19.3 Å². The van der Waals surface area contributed by atoms with E-state index in [1.165, 1.54) is 5.56 Å². The Bertz CT molecular complexity index is 718. The normalized spacial score (nSPS) is 15.2. The Hall–Kier alpha value is -2.75.